The van der Waals surface area contributed by atoms with E-state index in [1.165, 1.54) is 11.3 Å². The highest BCUT2D eigenvalue weighted by molar-refractivity contribution is 7.17. The first-order valence-electron chi connectivity index (χ1n) is 6.18. The summed E-state index contributed by atoms with van der Waals surface area (Å²) in [6.07, 6.45) is 0. The summed E-state index contributed by atoms with van der Waals surface area (Å²) in [4.78, 5) is 24.2. The quantitative estimate of drug-likeness (QED) is 0.557. The number of hydroxylamine groups is 1. The van der Waals surface area contributed by atoms with E-state index in [4.69, 9.17) is 4.84 Å². The van der Waals surface area contributed by atoms with E-state index in [9.17, 15) is 4.79 Å². The van der Waals surface area contributed by atoms with E-state index in [-0.39, 0.29) is 5.56 Å². The van der Waals surface area contributed by atoms with E-state index in [0.29, 0.717) is 23.7 Å². The number of hydrogen-bond acceptors (Lipinski definition) is 5. The summed E-state index contributed by atoms with van der Waals surface area (Å²) in [5, 5.41) is 1.86. The molecule has 0 spiro atoms. The third-order valence-corrected chi connectivity index (χ3v) is 3.69. The predicted molar refractivity (Wildman–Crippen MR) is 78.3 cm³/mol. The van der Waals surface area contributed by atoms with Crippen molar-refractivity contribution in [3.05, 3.63) is 63.5 Å². The van der Waals surface area contributed by atoms with Crippen LogP contribution in [0.1, 0.15) is 11.4 Å². The molecule has 3 aromatic rings. The molecule has 20 heavy (non-hydrogen) atoms. The molecule has 0 aliphatic rings. The van der Waals surface area contributed by atoms with Crippen LogP contribution in [0.2, 0.25) is 0 Å². The lowest BCUT2D eigenvalue weighted by atomic mass is 10.2. The number of H-pyrrole nitrogens is 1. The Morgan fingerprint density at radius 3 is 2.95 bits per heavy atom. The average molecular weight is 287 g/mol. The largest absolute Gasteiger partial charge is 0.308 e. The Kier molecular flexibility index (Phi) is 3.87. The van der Waals surface area contributed by atoms with Crippen molar-refractivity contribution in [2.24, 2.45) is 0 Å². The smallest absolute Gasteiger partial charge is 0.268 e. The Bertz CT molecular complexity index is 752. The van der Waals surface area contributed by atoms with Gasteiger partial charge in [-0.25, -0.2) is 4.98 Å². The normalized spacial score (nSPS) is 11.0. The van der Waals surface area contributed by atoms with E-state index in [1.807, 2.05) is 41.8 Å². The predicted octanol–water partition coefficient (Wildman–Crippen LogP) is 2.21. The maximum absolute atomic E-state index is 11.8. The van der Waals surface area contributed by atoms with Crippen molar-refractivity contribution in [3.8, 4) is 0 Å². The van der Waals surface area contributed by atoms with Gasteiger partial charge in [-0.1, -0.05) is 30.3 Å². The molecule has 0 aliphatic carbocycles. The molecule has 6 heteroatoms. The van der Waals surface area contributed by atoms with Gasteiger partial charge in [0.25, 0.3) is 5.56 Å². The van der Waals surface area contributed by atoms with Gasteiger partial charge in [0.2, 0.25) is 0 Å². The molecule has 0 atom stereocenters. The Labute approximate surface area is 119 Å². The molecule has 0 saturated carbocycles. The van der Waals surface area contributed by atoms with Gasteiger partial charge >= 0.3 is 0 Å². The van der Waals surface area contributed by atoms with Gasteiger partial charge in [-0.2, -0.15) is 5.48 Å². The first-order chi connectivity index (χ1) is 9.83. The van der Waals surface area contributed by atoms with Gasteiger partial charge in [0.15, 0.2) is 0 Å². The SMILES string of the molecule is O=c1[nH]c(CNOCc2ccccc2)nc2ccsc12. The highest BCUT2D eigenvalue weighted by Gasteiger charge is 2.04. The highest BCUT2D eigenvalue weighted by Crippen LogP contribution is 2.13. The van der Waals surface area contributed by atoms with Crippen LogP contribution in [0.25, 0.3) is 10.2 Å². The summed E-state index contributed by atoms with van der Waals surface area (Å²) in [6, 6.07) is 11.7. The third-order valence-electron chi connectivity index (χ3n) is 2.79. The van der Waals surface area contributed by atoms with Crippen LogP contribution < -0.4 is 11.0 Å². The van der Waals surface area contributed by atoms with Crippen LogP contribution in [0.4, 0.5) is 0 Å². The van der Waals surface area contributed by atoms with Gasteiger partial charge in [0.05, 0.1) is 18.7 Å². The molecule has 0 unspecified atom stereocenters. The molecule has 0 bridgehead atoms. The summed E-state index contributed by atoms with van der Waals surface area (Å²) in [7, 11) is 0. The number of aromatic nitrogens is 2. The van der Waals surface area contributed by atoms with E-state index >= 15 is 0 Å². The van der Waals surface area contributed by atoms with E-state index in [2.05, 4.69) is 15.4 Å². The number of benzene rings is 1. The molecule has 1 aromatic carbocycles. The van der Waals surface area contributed by atoms with Gasteiger partial charge in [0.1, 0.15) is 10.5 Å². The maximum Gasteiger partial charge on any atom is 0.268 e. The Hall–Kier alpha value is -2.02. The number of aromatic amines is 1. The van der Waals surface area contributed by atoms with Crippen molar-refractivity contribution in [1.29, 1.82) is 0 Å². The van der Waals surface area contributed by atoms with E-state index < -0.39 is 0 Å². The second-order valence-corrected chi connectivity index (χ2v) is 5.16. The van der Waals surface area contributed by atoms with Crippen molar-refractivity contribution in [1.82, 2.24) is 15.4 Å². The highest BCUT2D eigenvalue weighted by atomic mass is 32.1. The van der Waals surface area contributed by atoms with Crippen LogP contribution in [0.3, 0.4) is 0 Å². The molecule has 2 N–H and O–H groups in total. The van der Waals surface area contributed by atoms with E-state index in [0.717, 1.165) is 11.1 Å². The fourth-order valence-electron chi connectivity index (χ4n) is 1.83. The zero-order valence-corrected chi connectivity index (χ0v) is 11.4. The second kappa shape index (κ2) is 5.96. The molecule has 0 saturated heterocycles. The number of nitrogens with one attached hydrogen (secondary N) is 2. The van der Waals surface area contributed by atoms with Gasteiger partial charge in [0, 0.05) is 0 Å². The van der Waals surface area contributed by atoms with Crippen LogP contribution in [0.5, 0.6) is 0 Å². The van der Waals surface area contributed by atoms with Crippen LogP contribution in [0, 0.1) is 0 Å². The number of fused-ring (bicyclic) bond motifs is 1. The lowest BCUT2D eigenvalue weighted by Crippen LogP contribution is -2.19. The van der Waals surface area contributed by atoms with Crippen LogP contribution >= 0.6 is 11.3 Å². The zero-order chi connectivity index (χ0) is 13.8. The molecule has 102 valence electrons. The lowest BCUT2D eigenvalue weighted by molar-refractivity contribution is 0.0222. The zero-order valence-electron chi connectivity index (χ0n) is 10.6. The Balaban J connectivity index is 1.58. The molecule has 0 amide bonds. The monoisotopic (exact) mass is 287 g/mol. The molecule has 5 nitrogen and oxygen atoms in total. The summed E-state index contributed by atoms with van der Waals surface area (Å²) < 4.78 is 0.652. The molecular formula is C14H13N3O2S. The van der Waals surface area contributed by atoms with Crippen LogP contribution in [-0.4, -0.2) is 9.97 Å². The fourth-order valence-corrected chi connectivity index (χ4v) is 2.56. The Morgan fingerprint density at radius 2 is 2.10 bits per heavy atom. The number of rotatable bonds is 5. The number of thiophene rings is 1. The average Bonchev–Trinajstić information content (AvgIpc) is 2.94. The van der Waals surface area contributed by atoms with Crippen molar-refractivity contribution in [3.63, 3.8) is 0 Å². The third kappa shape index (κ3) is 2.93. The van der Waals surface area contributed by atoms with Crippen molar-refractivity contribution < 1.29 is 4.84 Å². The van der Waals surface area contributed by atoms with Crippen LogP contribution in [0.15, 0.2) is 46.6 Å². The van der Waals surface area contributed by atoms with Gasteiger partial charge in [-0.05, 0) is 17.0 Å². The Morgan fingerprint density at radius 1 is 1.25 bits per heavy atom. The van der Waals surface area contributed by atoms with Gasteiger partial charge in [-0.3, -0.25) is 9.63 Å². The maximum atomic E-state index is 11.8. The number of nitrogens with zero attached hydrogens (tertiary/aromatic N) is 1. The van der Waals surface area contributed by atoms with Gasteiger partial charge in [-0.15, -0.1) is 11.3 Å². The minimum absolute atomic E-state index is 0.107. The first-order valence-corrected chi connectivity index (χ1v) is 7.06. The molecule has 0 aliphatic heterocycles. The summed E-state index contributed by atoms with van der Waals surface area (Å²) in [6.45, 7) is 0.819. The summed E-state index contributed by atoms with van der Waals surface area (Å²) in [5.74, 6) is 0.564. The summed E-state index contributed by atoms with van der Waals surface area (Å²) in [5.41, 5.74) is 4.50. The minimum Gasteiger partial charge on any atom is -0.308 e. The number of hydrogen-bond donors (Lipinski definition) is 2. The first kappa shape index (κ1) is 13.0. The van der Waals surface area contributed by atoms with Crippen molar-refractivity contribution in [2.45, 2.75) is 13.2 Å². The standard InChI is InChI=1S/C14H13N3O2S/c18-14-13-11(6-7-20-13)16-12(17-14)8-15-19-9-10-4-2-1-3-5-10/h1-7,15H,8-9H2,(H,16,17,18). The molecule has 2 aromatic heterocycles. The molecule has 3 rings (SSSR count). The van der Waals surface area contributed by atoms with Crippen molar-refractivity contribution >= 4 is 21.6 Å². The van der Waals surface area contributed by atoms with E-state index in [1.54, 1.807) is 0 Å². The van der Waals surface area contributed by atoms with Crippen molar-refractivity contribution in [2.75, 3.05) is 0 Å². The molecule has 0 radical (unpaired) electrons. The fraction of sp³-hybridized carbons (Fsp3) is 0.143. The lowest BCUT2D eigenvalue weighted by Gasteiger charge is -2.05. The topological polar surface area (TPSA) is 67.0 Å². The second-order valence-electron chi connectivity index (χ2n) is 4.24. The summed E-state index contributed by atoms with van der Waals surface area (Å²) >= 11 is 1.39. The minimum atomic E-state index is -0.107. The molecule has 2 heterocycles. The molecule has 0 fully saturated rings. The van der Waals surface area contributed by atoms with Gasteiger partial charge < -0.3 is 4.98 Å². The van der Waals surface area contributed by atoms with Crippen LogP contribution in [-0.2, 0) is 18.0 Å². The molecular weight excluding hydrogens is 274 g/mol.